The van der Waals surface area contributed by atoms with E-state index >= 15 is 0 Å². The lowest BCUT2D eigenvalue weighted by Gasteiger charge is -2.07. The molecule has 0 spiro atoms. The molecule has 0 aliphatic rings. The first-order chi connectivity index (χ1) is 11.1. The molecule has 0 unspecified atom stereocenters. The van der Waals surface area contributed by atoms with E-state index in [0.29, 0.717) is 11.0 Å². The molecule has 0 saturated carbocycles. The first kappa shape index (κ1) is 15.5. The maximum Gasteiger partial charge on any atom is 0.227 e. The van der Waals surface area contributed by atoms with Gasteiger partial charge >= 0.3 is 0 Å². The zero-order valence-electron chi connectivity index (χ0n) is 13.1. The first-order valence-electron chi connectivity index (χ1n) is 7.44. The van der Waals surface area contributed by atoms with Crippen LogP contribution in [0.1, 0.15) is 17.0 Å². The van der Waals surface area contributed by atoms with Crippen molar-refractivity contribution in [1.29, 1.82) is 0 Å². The lowest BCUT2D eigenvalue weighted by atomic mass is 10.1. The highest BCUT2D eigenvalue weighted by Gasteiger charge is 2.09. The Morgan fingerprint density at radius 3 is 2.65 bits per heavy atom. The van der Waals surface area contributed by atoms with Crippen molar-refractivity contribution in [2.24, 2.45) is 7.05 Å². The Morgan fingerprint density at radius 2 is 1.96 bits per heavy atom. The molecule has 3 aromatic rings. The van der Waals surface area contributed by atoms with Gasteiger partial charge in [0.1, 0.15) is 0 Å². The topological polar surface area (TPSA) is 55.6 Å². The fourth-order valence-electron chi connectivity index (χ4n) is 2.39. The second-order valence-electron chi connectivity index (χ2n) is 5.40. The highest BCUT2D eigenvalue weighted by molar-refractivity contribution is 6.31. The number of hydrogen-bond donors (Lipinski definition) is 1. The Kier molecular flexibility index (Phi) is 4.57. The van der Waals surface area contributed by atoms with Crippen LogP contribution in [-0.2, 0) is 19.9 Å². The molecule has 0 fully saturated rings. The molecule has 3 rings (SSSR count). The van der Waals surface area contributed by atoms with E-state index in [0.717, 1.165) is 29.9 Å². The van der Waals surface area contributed by atoms with Gasteiger partial charge in [-0.3, -0.25) is 4.68 Å². The minimum absolute atomic E-state index is 0.536. The Bertz CT molecular complexity index is 798. The molecular formula is C17H18ClN5. The SMILES string of the molecule is Cc1nn(C)cc1Nc1ncc(Cl)c(CCc2ccccc2)n1. The van der Waals surface area contributed by atoms with E-state index in [-0.39, 0.29) is 0 Å². The van der Waals surface area contributed by atoms with E-state index < -0.39 is 0 Å². The molecule has 2 heterocycles. The van der Waals surface area contributed by atoms with Crippen LogP contribution in [0, 0.1) is 6.92 Å². The molecule has 0 saturated heterocycles. The summed E-state index contributed by atoms with van der Waals surface area (Å²) >= 11 is 6.23. The fourth-order valence-corrected chi connectivity index (χ4v) is 2.57. The molecule has 2 aromatic heterocycles. The van der Waals surface area contributed by atoms with Crippen molar-refractivity contribution in [3.63, 3.8) is 0 Å². The molecule has 23 heavy (non-hydrogen) atoms. The summed E-state index contributed by atoms with van der Waals surface area (Å²) in [5, 5.41) is 8.08. The van der Waals surface area contributed by atoms with Crippen molar-refractivity contribution in [3.05, 3.63) is 64.7 Å². The van der Waals surface area contributed by atoms with Crippen molar-refractivity contribution in [3.8, 4) is 0 Å². The number of aromatic nitrogens is 4. The Labute approximate surface area is 140 Å². The van der Waals surface area contributed by atoms with Crippen LogP contribution in [0.2, 0.25) is 5.02 Å². The molecule has 1 N–H and O–H groups in total. The zero-order chi connectivity index (χ0) is 16.2. The highest BCUT2D eigenvalue weighted by atomic mass is 35.5. The molecule has 0 atom stereocenters. The van der Waals surface area contributed by atoms with Crippen molar-refractivity contribution in [2.75, 3.05) is 5.32 Å². The third kappa shape index (κ3) is 3.87. The fraction of sp³-hybridized carbons (Fsp3) is 0.235. The van der Waals surface area contributed by atoms with Gasteiger partial charge in [-0.05, 0) is 25.3 Å². The largest absolute Gasteiger partial charge is 0.321 e. The van der Waals surface area contributed by atoms with E-state index in [1.807, 2.05) is 38.4 Å². The molecule has 118 valence electrons. The van der Waals surface area contributed by atoms with Gasteiger partial charge in [0.05, 0.1) is 28.3 Å². The quantitative estimate of drug-likeness (QED) is 0.776. The smallest absolute Gasteiger partial charge is 0.227 e. The summed E-state index contributed by atoms with van der Waals surface area (Å²) in [6.45, 7) is 1.94. The molecular weight excluding hydrogens is 310 g/mol. The number of halogens is 1. The second-order valence-corrected chi connectivity index (χ2v) is 5.81. The van der Waals surface area contributed by atoms with Crippen LogP contribution in [0.5, 0.6) is 0 Å². The van der Waals surface area contributed by atoms with Gasteiger partial charge in [0.2, 0.25) is 5.95 Å². The summed E-state index contributed by atoms with van der Waals surface area (Å²) < 4.78 is 1.75. The maximum atomic E-state index is 6.23. The summed E-state index contributed by atoms with van der Waals surface area (Å²) in [7, 11) is 1.88. The molecule has 0 amide bonds. The minimum atomic E-state index is 0.536. The molecule has 6 heteroatoms. The lowest BCUT2D eigenvalue weighted by Crippen LogP contribution is -2.02. The molecule has 0 aliphatic carbocycles. The van der Waals surface area contributed by atoms with Crippen LogP contribution in [-0.4, -0.2) is 19.7 Å². The predicted molar refractivity (Wildman–Crippen MR) is 92.1 cm³/mol. The minimum Gasteiger partial charge on any atom is -0.321 e. The average Bonchev–Trinajstić information content (AvgIpc) is 2.86. The van der Waals surface area contributed by atoms with Crippen molar-refractivity contribution in [2.45, 2.75) is 19.8 Å². The van der Waals surface area contributed by atoms with E-state index in [1.165, 1.54) is 5.56 Å². The third-order valence-electron chi connectivity index (χ3n) is 3.57. The van der Waals surface area contributed by atoms with Crippen LogP contribution in [0.3, 0.4) is 0 Å². The summed E-state index contributed by atoms with van der Waals surface area (Å²) in [6.07, 6.45) is 5.20. The summed E-state index contributed by atoms with van der Waals surface area (Å²) in [4.78, 5) is 8.79. The normalized spacial score (nSPS) is 10.7. The number of aryl methyl sites for hydroxylation is 4. The van der Waals surface area contributed by atoms with Crippen molar-refractivity contribution >= 4 is 23.2 Å². The van der Waals surface area contributed by atoms with Gasteiger partial charge < -0.3 is 5.32 Å². The predicted octanol–water partition coefficient (Wildman–Crippen LogP) is 3.70. The van der Waals surface area contributed by atoms with Crippen molar-refractivity contribution < 1.29 is 0 Å². The Hall–Kier alpha value is -2.40. The van der Waals surface area contributed by atoms with E-state index in [9.17, 15) is 0 Å². The number of anilines is 2. The monoisotopic (exact) mass is 327 g/mol. The highest BCUT2D eigenvalue weighted by Crippen LogP contribution is 2.20. The van der Waals surface area contributed by atoms with Crippen LogP contribution < -0.4 is 5.32 Å². The van der Waals surface area contributed by atoms with Crippen LogP contribution >= 0.6 is 11.6 Å². The molecule has 5 nitrogen and oxygen atoms in total. The number of benzene rings is 1. The summed E-state index contributed by atoms with van der Waals surface area (Å²) in [6, 6.07) is 10.3. The Balaban J connectivity index is 1.75. The van der Waals surface area contributed by atoms with Gasteiger partial charge in [-0.25, -0.2) is 9.97 Å². The zero-order valence-corrected chi connectivity index (χ0v) is 13.9. The van der Waals surface area contributed by atoms with E-state index in [1.54, 1.807) is 10.9 Å². The second kappa shape index (κ2) is 6.79. The molecule has 0 radical (unpaired) electrons. The molecule has 0 aliphatic heterocycles. The standard InChI is InChI=1S/C17H18ClN5/c1-12-16(11-23(2)22-12)21-17-19-10-14(18)15(20-17)9-8-13-6-4-3-5-7-13/h3-7,10-11H,8-9H2,1-2H3,(H,19,20,21). The first-order valence-corrected chi connectivity index (χ1v) is 7.82. The van der Waals surface area contributed by atoms with Gasteiger partial charge in [0.25, 0.3) is 0 Å². The third-order valence-corrected chi connectivity index (χ3v) is 3.89. The van der Waals surface area contributed by atoms with E-state index in [2.05, 4.69) is 32.5 Å². The molecule has 1 aromatic carbocycles. The average molecular weight is 328 g/mol. The number of hydrogen-bond acceptors (Lipinski definition) is 4. The van der Waals surface area contributed by atoms with Gasteiger partial charge in [0.15, 0.2) is 0 Å². The number of nitrogens with one attached hydrogen (secondary N) is 1. The van der Waals surface area contributed by atoms with Gasteiger partial charge in [-0.2, -0.15) is 5.10 Å². The lowest BCUT2D eigenvalue weighted by molar-refractivity contribution is 0.756. The van der Waals surface area contributed by atoms with Crippen LogP contribution in [0.15, 0.2) is 42.7 Å². The van der Waals surface area contributed by atoms with Gasteiger partial charge in [-0.1, -0.05) is 41.9 Å². The van der Waals surface area contributed by atoms with Crippen LogP contribution in [0.4, 0.5) is 11.6 Å². The Morgan fingerprint density at radius 1 is 1.17 bits per heavy atom. The van der Waals surface area contributed by atoms with Crippen LogP contribution in [0.25, 0.3) is 0 Å². The summed E-state index contributed by atoms with van der Waals surface area (Å²) in [5.41, 5.74) is 3.90. The molecule has 0 bridgehead atoms. The van der Waals surface area contributed by atoms with E-state index in [4.69, 9.17) is 11.6 Å². The van der Waals surface area contributed by atoms with Gasteiger partial charge in [-0.15, -0.1) is 0 Å². The van der Waals surface area contributed by atoms with Crippen molar-refractivity contribution in [1.82, 2.24) is 19.7 Å². The summed E-state index contributed by atoms with van der Waals surface area (Å²) in [5.74, 6) is 0.536. The maximum absolute atomic E-state index is 6.23. The number of nitrogens with zero attached hydrogens (tertiary/aromatic N) is 4. The van der Waals surface area contributed by atoms with Gasteiger partial charge in [0, 0.05) is 13.2 Å². The number of rotatable bonds is 5.